The summed E-state index contributed by atoms with van der Waals surface area (Å²) in [7, 11) is 0. The number of ether oxygens (including phenoxy) is 1. The highest BCUT2D eigenvalue weighted by Gasteiger charge is 2.16. The number of halogens is 1. The minimum atomic E-state index is -0.190. The van der Waals surface area contributed by atoms with Crippen LogP contribution < -0.4 is 10.2 Å². The lowest BCUT2D eigenvalue weighted by Gasteiger charge is -2.30. The summed E-state index contributed by atoms with van der Waals surface area (Å²) in [4.78, 5) is 14.7. The van der Waals surface area contributed by atoms with E-state index < -0.39 is 0 Å². The van der Waals surface area contributed by atoms with E-state index in [1.54, 1.807) is 17.0 Å². The number of carbonyl (C=O) groups is 1. The summed E-state index contributed by atoms with van der Waals surface area (Å²) in [6.45, 7) is 2.99. The molecule has 1 aliphatic rings. The van der Waals surface area contributed by atoms with Crippen LogP contribution in [0.5, 0.6) is 0 Å². The van der Waals surface area contributed by atoms with Gasteiger partial charge in [0, 0.05) is 35.4 Å². The molecule has 1 aromatic heterocycles. The van der Waals surface area contributed by atoms with Crippen LogP contribution in [-0.4, -0.2) is 42.0 Å². The molecule has 0 bridgehead atoms. The molecule has 0 aliphatic carbocycles. The number of hydrogen-bond donors (Lipinski definition) is 1. The van der Waals surface area contributed by atoms with Crippen molar-refractivity contribution in [3.05, 3.63) is 77.0 Å². The zero-order valence-electron chi connectivity index (χ0n) is 15.8. The molecule has 1 saturated heterocycles. The molecule has 1 N–H and O–H groups in total. The lowest BCUT2D eigenvalue weighted by Crippen LogP contribution is -2.36. The van der Waals surface area contributed by atoms with Crippen molar-refractivity contribution in [2.45, 2.75) is 0 Å². The Morgan fingerprint density at radius 2 is 1.93 bits per heavy atom. The van der Waals surface area contributed by atoms with Gasteiger partial charge in [-0.2, -0.15) is 5.10 Å². The van der Waals surface area contributed by atoms with Crippen LogP contribution in [0.2, 0.25) is 0 Å². The number of nitrogens with zero attached hydrogens (tertiary/aromatic N) is 3. The summed E-state index contributed by atoms with van der Waals surface area (Å²) in [6.07, 6.45) is 6.90. The summed E-state index contributed by atoms with van der Waals surface area (Å²) < 4.78 is 8.12. The van der Waals surface area contributed by atoms with E-state index in [0.717, 1.165) is 40.2 Å². The number of morpholine rings is 1. The van der Waals surface area contributed by atoms with E-state index in [9.17, 15) is 4.79 Å². The number of rotatable bonds is 5. The van der Waals surface area contributed by atoms with Crippen molar-refractivity contribution in [3.63, 3.8) is 0 Å². The minimum Gasteiger partial charge on any atom is -0.378 e. The normalized spacial score (nSPS) is 14.3. The Labute approximate surface area is 177 Å². The second kappa shape index (κ2) is 9.07. The zero-order valence-corrected chi connectivity index (χ0v) is 17.4. The Hall–Kier alpha value is -2.90. The standard InChI is InChI=1S/C22H21BrN4O2/c23-18-7-8-21(26-10-12-29-13-11-26)20(14-18)25-22(28)9-6-17-15-24-27(16-17)19-4-2-1-3-5-19/h1-9,14-16H,10-13H2,(H,25,28). The molecule has 1 fully saturated rings. The molecule has 148 valence electrons. The van der Waals surface area contributed by atoms with E-state index in [1.807, 2.05) is 54.7 Å². The van der Waals surface area contributed by atoms with Crippen molar-refractivity contribution in [1.82, 2.24) is 9.78 Å². The van der Waals surface area contributed by atoms with Crippen molar-refractivity contribution in [1.29, 1.82) is 0 Å². The second-order valence-electron chi connectivity index (χ2n) is 6.64. The highest BCUT2D eigenvalue weighted by Crippen LogP contribution is 2.30. The van der Waals surface area contributed by atoms with Crippen LogP contribution in [0.15, 0.2) is 71.5 Å². The number of amides is 1. The first-order chi connectivity index (χ1) is 14.2. The number of nitrogens with one attached hydrogen (secondary N) is 1. The third kappa shape index (κ3) is 4.93. The second-order valence-corrected chi connectivity index (χ2v) is 7.55. The molecule has 7 heteroatoms. The maximum absolute atomic E-state index is 12.5. The van der Waals surface area contributed by atoms with Crippen LogP contribution in [0.4, 0.5) is 11.4 Å². The summed E-state index contributed by atoms with van der Waals surface area (Å²) in [5, 5.41) is 7.34. The molecule has 1 amide bonds. The third-order valence-electron chi connectivity index (χ3n) is 4.62. The van der Waals surface area contributed by atoms with Gasteiger partial charge in [-0.3, -0.25) is 4.79 Å². The Morgan fingerprint density at radius 3 is 2.72 bits per heavy atom. The van der Waals surface area contributed by atoms with E-state index in [-0.39, 0.29) is 5.91 Å². The zero-order chi connectivity index (χ0) is 20.1. The number of aromatic nitrogens is 2. The smallest absolute Gasteiger partial charge is 0.248 e. The van der Waals surface area contributed by atoms with Crippen LogP contribution in [0.25, 0.3) is 11.8 Å². The summed E-state index contributed by atoms with van der Waals surface area (Å²) >= 11 is 3.49. The van der Waals surface area contributed by atoms with Gasteiger partial charge in [-0.15, -0.1) is 0 Å². The number of hydrogen-bond acceptors (Lipinski definition) is 4. The van der Waals surface area contributed by atoms with E-state index in [0.29, 0.717) is 13.2 Å². The van der Waals surface area contributed by atoms with Crippen LogP contribution in [-0.2, 0) is 9.53 Å². The van der Waals surface area contributed by atoms with Crippen molar-refractivity contribution >= 4 is 39.3 Å². The number of benzene rings is 2. The van der Waals surface area contributed by atoms with E-state index in [2.05, 4.69) is 31.2 Å². The Balaban J connectivity index is 1.46. The molecule has 0 atom stereocenters. The van der Waals surface area contributed by atoms with Crippen LogP contribution in [0, 0.1) is 0 Å². The van der Waals surface area contributed by atoms with Gasteiger partial charge in [-0.05, 0) is 36.4 Å². The fourth-order valence-electron chi connectivity index (χ4n) is 3.18. The van der Waals surface area contributed by atoms with Crippen molar-refractivity contribution in [3.8, 4) is 5.69 Å². The van der Waals surface area contributed by atoms with Gasteiger partial charge in [0.2, 0.25) is 5.91 Å². The molecule has 3 aromatic rings. The Bertz CT molecular complexity index is 1010. The van der Waals surface area contributed by atoms with Gasteiger partial charge in [-0.25, -0.2) is 4.68 Å². The summed E-state index contributed by atoms with van der Waals surface area (Å²) in [5.74, 6) is -0.190. The average Bonchev–Trinajstić information content (AvgIpc) is 3.23. The third-order valence-corrected chi connectivity index (χ3v) is 5.11. The fourth-order valence-corrected chi connectivity index (χ4v) is 3.54. The molecule has 0 spiro atoms. The SMILES string of the molecule is O=C(C=Cc1cnn(-c2ccccc2)c1)Nc1cc(Br)ccc1N1CCOCC1. The van der Waals surface area contributed by atoms with Gasteiger partial charge < -0.3 is 15.0 Å². The monoisotopic (exact) mass is 452 g/mol. The predicted molar refractivity (Wildman–Crippen MR) is 118 cm³/mol. The summed E-state index contributed by atoms with van der Waals surface area (Å²) in [5.41, 5.74) is 3.60. The fraction of sp³-hybridized carbons (Fsp3) is 0.182. The molecule has 1 aliphatic heterocycles. The topological polar surface area (TPSA) is 59.4 Å². The maximum atomic E-state index is 12.5. The van der Waals surface area contributed by atoms with Gasteiger partial charge in [-0.1, -0.05) is 34.1 Å². The minimum absolute atomic E-state index is 0.190. The van der Waals surface area contributed by atoms with E-state index >= 15 is 0 Å². The molecule has 2 heterocycles. The van der Waals surface area contributed by atoms with Gasteiger partial charge in [0.25, 0.3) is 0 Å². The molecule has 2 aromatic carbocycles. The molecule has 0 saturated carbocycles. The van der Waals surface area contributed by atoms with Crippen molar-refractivity contribution in [2.24, 2.45) is 0 Å². The van der Waals surface area contributed by atoms with Gasteiger partial charge in [0.1, 0.15) is 0 Å². The molecular formula is C22H21BrN4O2. The maximum Gasteiger partial charge on any atom is 0.248 e. The van der Waals surface area contributed by atoms with Gasteiger partial charge in [0.05, 0.1) is 36.5 Å². The molecule has 0 radical (unpaired) electrons. The Morgan fingerprint density at radius 1 is 1.14 bits per heavy atom. The predicted octanol–water partition coefficient (Wildman–Crippen LogP) is 4.12. The largest absolute Gasteiger partial charge is 0.378 e. The molecular weight excluding hydrogens is 432 g/mol. The highest BCUT2D eigenvalue weighted by molar-refractivity contribution is 9.10. The first kappa shape index (κ1) is 19.4. The molecule has 6 nitrogen and oxygen atoms in total. The van der Waals surface area contributed by atoms with Crippen molar-refractivity contribution in [2.75, 3.05) is 36.5 Å². The lowest BCUT2D eigenvalue weighted by atomic mass is 10.2. The van der Waals surface area contributed by atoms with Crippen LogP contribution in [0.3, 0.4) is 0 Å². The first-order valence-corrected chi connectivity index (χ1v) is 10.2. The van der Waals surface area contributed by atoms with E-state index in [4.69, 9.17) is 4.74 Å². The number of para-hydroxylation sites is 1. The molecule has 0 unspecified atom stereocenters. The average molecular weight is 453 g/mol. The first-order valence-electron chi connectivity index (χ1n) is 9.40. The number of carbonyl (C=O) groups excluding carboxylic acids is 1. The van der Waals surface area contributed by atoms with Gasteiger partial charge >= 0.3 is 0 Å². The highest BCUT2D eigenvalue weighted by atomic mass is 79.9. The quantitative estimate of drug-likeness (QED) is 0.591. The van der Waals surface area contributed by atoms with Crippen LogP contribution >= 0.6 is 15.9 Å². The van der Waals surface area contributed by atoms with Crippen LogP contribution in [0.1, 0.15) is 5.56 Å². The molecule has 29 heavy (non-hydrogen) atoms. The summed E-state index contributed by atoms with van der Waals surface area (Å²) in [6, 6.07) is 15.8. The number of anilines is 2. The lowest BCUT2D eigenvalue weighted by molar-refractivity contribution is -0.111. The Kier molecular flexibility index (Phi) is 6.07. The van der Waals surface area contributed by atoms with Crippen molar-refractivity contribution < 1.29 is 9.53 Å². The van der Waals surface area contributed by atoms with E-state index in [1.165, 1.54) is 6.08 Å². The molecule has 4 rings (SSSR count). The van der Waals surface area contributed by atoms with Gasteiger partial charge in [0.15, 0.2) is 0 Å².